The van der Waals surface area contributed by atoms with Crippen LogP contribution in [-0.2, 0) is 4.79 Å². The van der Waals surface area contributed by atoms with Crippen molar-refractivity contribution in [2.75, 3.05) is 0 Å². The molecule has 1 fully saturated rings. The molecular formula is C14H19NO2. The summed E-state index contributed by atoms with van der Waals surface area (Å²) < 4.78 is 2.24. The van der Waals surface area contributed by atoms with Crippen molar-refractivity contribution in [1.82, 2.24) is 4.57 Å². The highest BCUT2D eigenvalue weighted by atomic mass is 16.4. The standard InChI is InChI=1S/C14H19NO2/c16-14(17)8-7-12-9-10-15(11-12)13-5-3-1-2-4-6-13/h7-11,13H,1-6H2,(H,16,17)/b8-7+. The fourth-order valence-corrected chi connectivity index (χ4v) is 2.48. The number of rotatable bonds is 3. The third kappa shape index (κ3) is 3.48. The van der Waals surface area contributed by atoms with Gasteiger partial charge < -0.3 is 9.67 Å². The molecule has 0 aromatic carbocycles. The molecule has 0 spiro atoms. The molecule has 3 nitrogen and oxygen atoms in total. The average Bonchev–Trinajstić information content (AvgIpc) is 2.60. The lowest BCUT2D eigenvalue weighted by Crippen LogP contribution is -2.05. The van der Waals surface area contributed by atoms with Crippen LogP contribution in [0.1, 0.15) is 50.1 Å². The summed E-state index contributed by atoms with van der Waals surface area (Å²) in [5, 5.41) is 8.57. The SMILES string of the molecule is O=C(O)/C=C/c1ccn(C2CCCCCC2)c1. The molecule has 1 aromatic rings. The van der Waals surface area contributed by atoms with Crippen LogP contribution in [0.3, 0.4) is 0 Å². The molecule has 2 rings (SSSR count). The zero-order valence-electron chi connectivity index (χ0n) is 10.0. The van der Waals surface area contributed by atoms with Crippen LogP contribution in [0.5, 0.6) is 0 Å². The van der Waals surface area contributed by atoms with Gasteiger partial charge in [0.2, 0.25) is 0 Å². The maximum absolute atomic E-state index is 10.4. The highest BCUT2D eigenvalue weighted by Gasteiger charge is 2.13. The van der Waals surface area contributed by atoms with Crippen LogP contribution < -0.4 is 0 Å². The number of aromatic nitrogens is 1. The Hall–Kier alpha value is -1.51. The van der Waals surface area contributed by atoms with Gasteiger partial charge in [0, 0.05) is 24.5 Å². The van der Waals surface area contributed by atoms with Crippen LogP contribution in [0, 0.1) is 0 Å². The van der Waals surface area contributed by atoms with E-state index in [1.165, 1.54) is 44.6 Å². The van der Waals surface area contributed by atoms with Gasteiger partial charge in [-0.3, -0.25) is 0 Å². The highest BCUT2D eigenvalue weighted by Crippen LogP contribution is 2.27. The molecule has 92 valence electrons. The Balaban J connectivity index is 2.03. The number of carboxylic acids is 1. The van der Waals surface area contributed by atoms with Crippen molar-refractivity contribution in [3.8, 4) is 0 Å². The Kier molecular flexibility index (Phi) is 4.02. The van der Waals surface area contributed by atoms with Gasteiger partial charge in [-0.15, -0.1) is 0 Å². The molecule has 0 unspecified atom stereocenters. The van der Waals surface area contributed by atoms with Gasteiger partial charge in [-0.1, -0.05) is 25.7 Å². The first-order chi connectivity index (χ1) is 8.25. The monoisotopic (exact) mass is 233 g/mol. The quantitative estimate of drug-likeness (QED) is 0.641. The highest BCUT2D eigenvalue weighted by molar-refractivity contribution is 5.85. The molecule has 1 aromatic heterocycles. The molecule has 1 saturated carbocycles. The minimum atomic E-state index is -0.896. The molecule has 1 aliphatic rings. The first kappa shape index (κ1) is 12.0. The summed E-state index contributed by atoms with van der Waals surface area (Å²) >= 11 is 0. The summed E-state index contributed by atoms with van der Waals surface area (Å²) in [5.41, 5.74) is 0.969. The van der Waals surface area contributed by atoms with E-state index in [1.807, 2.05) is 6.07 Å². The van der Waals surface area contributed by atoms with Crippen molar-refractivity contribution in [2.45, 2.75) is 44.6 Å². The lowest BCUT2D eigenvalue weighted by atomic mass is 10.1. The van der Waals surface area contributed by atoms with Gasteiger partial charge in [0.15, 0.2) is 0 Å². The Morgan fingerprint density at radius 3 is 2.65 bits per heavy atom. The number of hydrogen-bond acceptors (Lipinski definition) is 1. The fourth-order valence-electron chi connectivity index (χ4n) is 2.48. The van der Waals surface area contributed by atoms with Crippen molar-refractivity contribution >= 4 is 12.0 Å². The molecule has 17 heavy (non-hydrogen) atoms. The zero-order chi connectivity index (χ0) is 12.1. The van der Waals surface area contributed by atoms with Crippen LogP contribution in [0.15, 0.2) is 24.5 Å². The van der Waals surface area contributed by atoms with Gasteiger partial charge in [-0.2, -0.15) is 0 Å². The van der Waals surface area contributed by atoms with E-state index in [-0.39, 0.29) is 0 Å². The predicted octanol–water partition coefficient (Wildman–Crippen LogP) is 3.48. The number of carboxylic acid groups (broad SMARTS) is 1. The van der Waals surface area contributed by atoms with Gasteiger partial charge in [-0.25, -0.2) is 4.79 Å². The van der Waals surface area contributed by atoms with E-state index in [0.717, 1.165) is 5.56 Å². The second kappa shape index (κ2) is 5.71. The molecule has 0 bridgehead atoms. The van der Waals surface area contributed by atoms with E-state index in [4.69, 9.17) is 5.11 Å². The molecule has 1 N–H and O–H groups in total. The molecule has 1 heterocycles. The average molecular weight is 233 g/mol. The first-order valence-electron chi connectivity index (χ1n) is 6.34. The van der Waals surface area contributed by atoms with Gasteiger partial charge >= 0.3 is 5.97 Å². The minimum Gasteiger partial charge on any atom is -0.478 e. The summed E-state index contributed by atoms with van der Waals surface area (Å²) in [7, 11) is 0. The van der Waals surface area contributed by atoms with Crippen LogP contribution in [0.25, 0.3) is 6.08 Å². The lowest BCUT2D eigenvalue weighted by molar-refractivity contribution is -0.131. The van der Waals surface area contributed by atoms with Gasteiger partial charge in [0.05, 0.1) is 0 Å². The van der Waals surface area contributed by atoms with E-state index in [1.54, 1.807) is 6.08 Å². The van der Waals surface area contributed by atoms with Gasteiger partial charge in [-0.05, 0) is 30.5 Å². The molecule has 1 aliphatic carbocycles. The number of nitrogens with zero attached hydrogens (tertiary/aromatic N) is 1. The first-order valence-corrected chi connectivity index (χ1v) is 6.34. The Bertz CT molecular complexity index is 398. The van der Waals surface area contributed by atoms with E-state index in [2.05, 4.69) is 17.0 Å². The van der Waals surface area contributed by atoms with Crippen LogP contribution in [0.2, 0.25) is 0 Å². The number of carbonyl (C=O) groups is 1. The molecule has 0 saturated heterocycles. The third-order valence-electron chi connectivity index (χ3n) is 3.40. The minimum absolute atomic E-state index is 0.601. The Morgan fingerprint density at radius 1 is 1.29 bits per heavy atom. The van der Waals surface area contributed by atoms with E-state index in [9.17, 15) is 4.79 Å². The molecule has 0 radical (unpaired) electrons. The Labute approximate surface area is 102 Å². The topological polar surface area (TPSA) is 42.2 Å². The Morgan fingerprint density at radius 2 is 2.00 bits per heavy atom. The van der Waals surface area contributed by atoms with Crippen LogP contribution in [0.4, 0.5) is 0 Å². The normalized spacial score (nSPS) is 18.4. The van der Waals surface area contributed by atoms with E-state index < -0.39 is 5.97 Å². The third-order valence-corrected chi connectivity index (χ3v) is 3.40. The maximum atomic E-state index is 10.4. The van der Waals surface area contributed by atoms with E-state index >= 15 is 0 Å². The second-order valence-corrected chi connectivity index (χ2v) is 4.71. The second-order valence-electron chi connectivity index (χ2n) is 4.71. The summed E-state index contributed by atoms with van der Waals surface area (Å²) in [6.45, 7) is 0. The summed E-state index contributed by atoms with van der Waals surface area (Å²) in [4.78, 5) is 10.4. The smallest absolute Gasteiger partial charge is 0.328 e. The van der Waals surface area contributed by atoms with Crippen molar-refractivity contribution in [3.05, 3.63) is 30.1 Å². The molecule has 0 atom stereocenters. The fraction of sp³-hybridized carbons (Fsp3) is 0.500. The molecular weight excluding hydrogens is 214 g/mol. The van der Waals surface area contributed by atoms with Crippen molar-refractivity contribution in [1.29, 1.82) is 0 Å². The van der Waals surface area contributed by atoms with Gasteiger partial charge in [0.1, 0.15) is 0 Å². The van der Waals surface area contributed by atoms with Crippen LogP contribution >= 0.6 is 0 Å². The summed E-state index contributed by atoms with van der Waals surface area (Å²) in [5.74, 6) is -0.896. The van der Waals surface area contributed by atoms with Gasteiger partial charge in [0.25, 0.3) is 0 Å². The predicted molar refractivity (Wildman–Crippen MR) is 67.8 cm³/mol. The maximum Gasteiger partial charge on any atom is 0.328 e. The van der Waals surface area contributed by atoms with E-state index in [0.29, 0.717) is 6.04 Å². The van der Waals surface area contributed by atoms with Crippen molar-refractivity contribution in [3.63, 3.8) is 0 Å². The molecule has 0 amide bonds. The van der Waals surface area contributed by atoms with Crippen molar-refractivity contribution in [2.24, 2.45) is 0 Å². The largest absolute Gasteiger partial charge is 0.478 e. The number of aliphatic carboxylic acids is 1. The molecule has 3 heteroatoms. The zero-order valence-corrected chi connectivity index (χ0v) is 10.0. The summed E-state index contributed by atoms with van der Waals surface area (Å²) in [6.07, 6.45) is 14.8. The van der Waals surface area contributed by atoms with Crippen molar-refractivity contribution < 1.29 is 9.90 Å². The summed E-state index contributed by atoms with van der Waals surface area (Å²) in [6, 6.07) is 2.58. The van der Waals surface area contributed by atoms with Crippen LogP contribution in [-0.4, -0.2) is 15.6 Å². The lowest BCUT2D eigenvalue weighted by Gasteiger charge is -2.15. The number of hydrogen-bond donors (Lipinski definition) is 1. The molecule has 0 aliphatic heterocycles.